The van der Waals surface area contributed by atoms with Gasteiger partial charge in [-0.3, -0.25) is 0 Å². The fourth-order valence-electron chi connectivity index (χ4n) is 5.00. The van der Waals surface area contributed by atoms with Crippen LogP contribution in [0.4, 0.5) is 35.1 Å². The van der Waals surface area contributed by atoms with Crippen molar-refractivity contribution in [2.45, 2.75) is 0 Å². The minimum Gasteiger partial charge on any atom is -0.545 e. The van der Waals surface area contributed by atoms with E-state index in [1.165, 1.54) is 24.3 Å². The number of carboxylic acids is 1. The second-order valence-electron chi connectivity index (χ2n) is 13.0. The third kappa shape index (κ3) is 21.1. The number of halogens is 12. The lowest BCUT2D eigenvalue weighted by atomic mass is 10.1. The molecule has 0 radical (unpaired) electrons. The van der Waals surface area contributed by atoms with Crippen molar-refractivity contribution in [3.63, 3.8) is 0 Å². The quantitative estimate of drug-likeness (QED) is 0.0335. The fourth-order valence-corrected chi connectivity index (χ4v) is 9.49. The number of carbonyl (C=O) groups excluding carboxylic acids is 2. The number of ether oxygens (including phenoxy) is 3. The van der Waals surface area contributed by atoms with E-state index in [-0.39, 0.29) is 23.3 Å². The third-order valence-corrected chi connectivity index (χ3v) is 13.7. The topological polar surface area (TPSA) is 267 Å². The molecule has 0 saturated heterocycles. The van der Waals surface area contributed by atoms with Gasteiger partial charge in [-0.15, -0.1) is 10.2 Å². The predicted molar refractivity (Wildman–Crippen MR) is 203 cm³/mol. The molecule has 0 spiro atoms. The van der Waals surface area contributed by atoms with Crippen LogP contribution in [0.2, 0.25) is 0 Å². The summed E-state index contributed by atoms with van der Waals surface area (Å²) in [5.41, 5.74) is 2.09. The van der Waals surface area contributed by atoms with E-state index in [9.17, 15) is 49.8 Å². The van der Waals surface area contributed by atoms with Crippen molar-refractivity contribution < 1.29 is 164 Å². The standard InChI is InChI=1S/C20H12F4IO3.C19H12F4IO.C7H6O2.2ClHO4/c1-27-14-8-6-13(7-9-14)25-12-4-2-11(3-5-12)20(26)28-19-17(23)15(21)10-16(22)18(19)24;1-25-14-8-4-12(5-9-14)11-2-6-13(7-3-11)24-19-17(22)15(20)10-16(21)18(19)23;8-7(9)6-4-2-1-3-5-6;2*2-1(3,4)5/h2-10H,1H3;2-10H,1H3;1-5H,(H,8,9);2*(H,2,3,4,5)/q2*+1;;;/p-2. The van der Waals surface area contributed by atoms with Gasteiger partial charge in [-0.05, 0) is 102 Å². The van der Waals surface area contributed by atoms with Crippen LogP contribution in [0.15, 0.2) is 140 Å². The van der Waals surface area contributed by atoms with E-state index in [4.69, 9.17) is 46.7 Å². The first kappa shape index (κ1) is 60.5. The van der Waals surface area contributed by atoms with Gasteiger partial charge in [0.15, 0.2) is 34.0 Å². The van der Waals surface area contributed by atoms with E-state index in [2.05, 4.69) is 4.74 Å². The Morgan fingerprint density at radius 1 is 0.486 bits per heavy atom. The average Bonchev–Trinajstić information content (AvgIpc) is 3.33. The lowest BCUT2D eigenvalue weighted by Crippen LogP contribution is -3.62. The molecule has 72 heavy (non-hydrogen) atoms. The second-order valence-corrected chi connectivity index (χ2v) is 20.4. The van der Waals surface area contributed by atoms with Gasteiger partial charge in [0.25, 0.3) is 3.57 Å². The molecular formula is C46H30Cl2F8I2O14. The van der Waals surface area contributed by atoms with Crippen molar-refractivity contribution in [3.8, 4) is 28.4 Å². The number of benzene rings is 7. The Morgan fingerprint density at radius 3 is 1.19 bits per heavy atom. The first-order valence-electron chi connectivity index (χ1n) is 18.9. The lowest BCUT2D eigenvalue weighted by Gasteiger charge is -2.17. The van der Waals surface area contributed by atoms with Crippen LogP contribution in [0.1, 0.15) is 20.7 Å². The first-order chi connectivity index (χ1) is 33.7. The van der Waals surface area contributed by atoms with Crippen LogP contribution < -0.4 is 94.3 Å². The number of carboxylic acid groups (broad SMARTS) is 1. The number of hydrogen-bond acceptors (Lipinski definition) is 14. The van der Waals surface area contributed by atoms with Gasteiger partial charge in [0.05, 0.1) is 40.7 Å². The molecule has 0 aliphatic carbocycles. The maximum Gasteiger partial charge on any atom is 0.364 e. The highest BCUT2D eigenvalue weighted by atomic mass is 127. The number of rotatable bonds is 10. The van der Waals surface area contributed by atoms with Crippen molar-refractivity contribution in [1.29, 1.82) is 0 Å². The van der Waals surface area contributed by atoms with E-state index >= 15 is 0 Å². The Balaban J connectivity index is 0.000000281. The summed E-state index contributed by atoms with van der Waals surface area (Å²) >= 11 is -1.91. The molecule has 0 aliphatic rings. The molecule has 0 aliphatic heterocycles. The summed E-state index contributed by atoms with van der Waals surface area (Å²) in [5.74, 6) is -14.4. The Hall–Kier alpha value is -5.76. The molecule has 7 aromatic rings. The number of hydrogen-bond donors (Lipinski definition) is 1. The highest BCUT2D eigenvalue weighted by Gasteiger charge is 2.31. The Kier molecular flexibility index (Phi) is 23.9. The molecule has 14 nitrogen and oxygen atoms in total. The Morgan fingerprint density at radius 2 is 0.819 bits per heavy atom. The monoisotopic (exact) mass is 1280 g/mol. The van der Waals surface area contributed by atoms with E-state index in [0.29, 0.717) is 3.57 Å². The molecule has 0 amide bonds. The van der Waals surface area contributed by atoms with Gasteiger partial charge in [-0.1, -0.05) is 42.5 Å². The van der Waals surface area contributed by atoms with E-state index in [1.54, 1.807) is 56.7 Å². The zero-order valence-corrected chi connectivity index (χ0v) is 41.9. The maximum atomic E-state index is 13.8. The largest absolute Gasteiger partial charge is 0.545 e. The Bertz CT molecular complexity index is 2790. The van der Waals surface area contributed by atoms with Gasteiger partial charge in [-0.25, -0.2) is 41.0 Å². The summed E-state index contributed by atoms with van der Waals surface area (Å²) in [6, 6.07) is 36.6. The molecule has 26 heteroatoms. The second kappa shape index (κ2) is 28.5. The molecule has 0 bridgehead atoms. The third-order valence-electron chi connectivity index (χ3n) is 8.15. The van der Waals surface area contributed by atoms with Gasteiger partial charge >= 0.3 is 48.4 Å². The molecule has 1 N–H and O–H groups in total. The molecular weight excluding hydrogens is 1250 g/mol. The van der Waals surface area contributed by atoms with Crippen LogP contribution in [-0.2, 0) is 0 Å². The molecule has 0 aromatic heterocycles. The smallest absolute Gasteiger partial charge is 0.364 e. The number of methoxy groups -OCH3 is 2. The summed E-state index contributed by atoms with van der Waals surface area (Å²) in [5, 5.41) is 10.1. The zero-order valence-electron chi connectivity index (χ0n) is 36.1. The molecule has 0 fully saturated rings. The minimum absolute atomic E-state index is 0.00837. The average molecular weight is 1280 g/mol. The molecule has 7 aromatic carbocycles. The summed E-state index contributed by atoms with van der Waals surface area (Å²) in [6.07, 6.45) is 0. The highest BCUT2D eigenvalue weighted by molar-refractivity contribution is 5.91. The number of esters is 1. The van der Waals surface area contributed by atoms with Crippen LogP contribution in [0.3, 0.4) is 0 Å². The summed E-state index contributed by atoms with van der Waals surface area (Å²) in [7, 11) is -6.47. The molecule has 0 atom stereocenters. The van der Waals surface area contributed by atoms with Crippen LogP contribution in [-0.4, -0.2) is 30.8 Å². The van der Waals surface area contributed by atoms with E-state index in [0.717, 1.165) is 29.8 Å². The van der Waals surface area contributed by atoms with Gasteiger partial charge in [0, 0.05) is 12.1 Å². The molecule has 0 unspecified atom stereocenters. The van der Waals surface area contributed by atoms with Crippen molar-refractivity contribution in [3.05, 3.63) is 211 Å². The van der Waals surface area contributed by atoms with Crippen molar-refractivity contribution in [2.75, 3.05) is 14.2 Å². The highest BCUT2D eigenvalue weighted by Crippen LogP contribution is 2.27. The first-order valence-corrected chi connectivity index (χ1v) is 25.7. The van der Waals surface area contributed by atoms with Crippen LogP contribution >= 0.6 is 0 Å². The van der Waals surface area contributed by atoms with Crippen LogP contribution in [0.25, 0.3) is 11.1 Å². The van der Waals surface area contributed by atoms with Crippen molar-refractivity contribution >= 4 is 11.9 Å². The van der Waals surface area contributed by atoms with Crippen LogP contribution in [0.5, 0.6) is 17.2 Å². The van der Waals surface area contributed by atoms with E-state index in [1.807, 2.05) is 60.7 Å². The molecule has 0 heterocycles. The molecule has 0 saturated carbocycles. The Labute approximate surface area is 427 Å². The predicted octanol–water partition coefficient (Wildman–Crippen LogP) is -5.18. The molecule has 382 valence electrons. The SMILES string of the molecule is COc1ccc(-c2ccc([I+]c3c(F)c(F)cc(F)c3F)cc2)cc1.COc1ccc([I+]c2ccc(C(=O)Oc3c(F)c(F)cc(F)c3F)cc2)cc1.O=C([O-])c1ccccc1.[O-][Cl+3]([O-])([O-])O.[O-][Cl+3]([O-])([O-])[O-]. The van der Waals surface area contributed by atoms with Gasteiger partial charge in [-0.2, -0.15) is 31.5 Å². The summed E-state index contributed by atoms with van der Waals surface area (Å²) in [4.78, 5) is 22.2. The van der Waals surface area contributed by atoms with Crippen LogP contribution in [0, 0.1) is 81.3 Å². The summed E-state index contributed by atoms with van der Waals surface area (Å²) < 4.78 is 191. The normalized spacial score (nSPS) is 10.6. The number of carbonyl (C=O) groups is 2. The lowest BCUT2D eigenvalue weighted by molar-refractivity contribution is -2.00. The zero-order chi connectivity index (χ0) is 53.9. The summed E-state index contributed by atoms with van der Waals surface area (Å²) in [6.45, 7) is 0. The number of aromatic carboxylic acids is 1. The minimum atomic E-state index is -4.94. The van der Waals surface area contributed by atoms with Crippen molar-refractivity contribution in [2.24, 2.45) is 0 Å². The van der Waals surface area contributed by atoms with Gasteiger partial charge in [0.1, 0.15) is 11.5 Å². The fraction of sp³-hybridized carbons (Fsp3) is 0.0435. The van der Waals surface area contributed by atoms with E-state index < -0.39 is 131 Å². The maximum absolute atomic E-state index is 13.8. The van der Waals surface area contributed by atoms with Gasteiger partial charge in [0.2, 0.25) is 29.0 Å². The van der Waals surface area contributed by atoms with Gasteiger partial charge < -0.3 is 24.1 Å². The van der Waals surface area contributed by atoms with Crippen molar-refractivity contribution in [1.82, 2.24) is 0 Å². The molecule has 7 rings (SSSR count).